The molecule has 0 spiro atoms. The molecule has 7 nitrogen and oxygen atoms in total. The van der Waals surface area contributed by atoms with Crippen LogP contribution in [0.4, 0.5) is 0 Å². The Morgan fingerprint density at radius 1 is 1.12 bits per heavy atom. The second-order valence-electron chi connectivity index (χ2n) is 8.03. The molecule has 2 aromatic rings. The van der Waals surface area contributed by atoms with Crippen LogP contribution in [0.15, 0.2) is 41.3 Å². The molecule has 0 aromatic heterocycles. The topological polar surface area (TPSA) is 84.9 Å². The highest BCUT2D eigenvalue weighted by molar-refractivity contribution is 7.89. The van der Waals surface area contributed by atoms with Crippen LogP contribution in [0.2, 0.25) is 5.02 Å². The van der Waals surface area contributed by atoms with Crippen LogP contribution in [-0.2, 0) is 10.0 Å². The molecule has 1 fully saturated rings. The van der Waals surface area contributed by atoms with E-state index in [4.69, 9.17) is 21.1 Å². The summed E-state index contributed by atoms with van der Waals surface area (Å²) in [6.07, 6.45) is 1.64. The van der Waals surface area contributed by atoms with Crippen molar-refractivity contribution in [3.8, 4) is 11.5 Å². The number of nitrogens with one attached hydrogen (secondary N) is 1. The number of ether oxygens (including phenoxy) is 2. The Morgan fingerprint density at radius 2 is 1.81 bits per heavy atom. The van der Waals surface area contributed by atoms with Gasteiger partial charge in [-0.3, -0.25) is 4.79 Å². The number of rotatable bonds is 7. The average Bonchev–Trinajstić information content (AvgIpc) is 2.78. The van der Waals surface area contributed by atoms with E-state index in [1.807, 2.05) is 0 Å². The standard InChI is InChI=1S/C23H29ClN2O5S/c1-15-9-11-26(12-10-15)32(28,29)18-6-7-21(24)20(14-18)23(27)25-16(2)19-13-17(30-3)5-8-22(19)31-4/h5-8,13-16H,9-12H2,1-4H3,(H,25,27)/t16-/m0/s1. The lowest BCUT2D eigenvalue weighted by molar-refractivity contribution is 0.0939. The number of piperidine rings is 1. The first-order valence-corrected chi connectivity index (χ1v) is 12.3. The van der Waals surface area contributed by atoms with Crippen molar-refractivity contribution >= 4 is 27.5 Å². The van der Waals surface area contributed by atoms with Crippen molar-refractivity contribution in [3.63, 3.8) is 0 Å². The zero-order chi connectivity index (χ0) is 23.5. The molecule has 0 radical (unpaired) electrons. The first-order valence-electron chi connectivity index (χ1n) is 10.5. The molecule has 3 rings (SSSR count). The molecule has 0 saturated carbocycles. The fraction of sp³-hybridized carbons (Fsp3) is 0.435. The summed E-state index contributed by atoms with van der Waals surface area (Å²) in [5, 5.41) is 3.06. The predicted molar refractivity (Wildman–Crippen MR) is 124 cm³/mol. The fourth-order valence-electron chi connectivity index (χ4n) is 3.74. The summed E-state index contributed by atoms with van der Waals surface area (Å²) in [7, 11) is -0.593. The maximum atomic E-state index is 13.1. The Bertz CT molecular complexity index is 1080. The van der Waals surface area contributed by atoms with Gasteiger partial charge in [-0.05, 0) is 62.1 Å². The minimum Gasteiger partial charge on any atom is -0.497 e. The smallest absolute Gasteiger partial charge is 0.253 e. The number of carbonyl (C=O) groups is 1. The zero-order valence-corrected chi connectivity index (χ0v) is 20.3. The Morgan fingerprint density at radius 3 is 2.44 bits per heavy atom. The minimum atomic E-state index is -3.70. The van der Waals surface area contributed by atoms with Gasteiger partial charge in [-0.25, -0.2) is 8.42 Å². The van der Waals surface area contributed by atoms with Gasteiger partial charge in [-0.1, -0.05) is 18.5 Å². The van der Waals surface area contributed by atoms with Crippen molar-refractivity contribution in [1.82, 2.24) is 9.62 Å². The van der Waals surface area contributed by atoms with E-state index in [-0.39, 0.29) is 15.5 Å². The predicted octanol–water partition coefficient (Wildman–Crippen LogP) is 4.27. The fourth-order valence-corrected chi connectivity index (χ4v) is 5.44. The molecule has 1 N–H and O–H groups in total. The van der Waals surface area contributed by atoms with Crippen LogP contribution in [0, 0.1) is 5.92 Å². The highest BCUT2D eigenvalue weighted by Crippen LogP contribution is 2.30. The molecule has 1 amide bonds. The summed E-state index contributed by atoms with van der Waals surface area (Å²) in [5.41, 5.74) is 0.828. The number of nitrogens with zero attached hydrogens (tertiary/aromatic N) is 1. The van der Waals surface area contributed by atoms with Crippen LogP contribution in [0.5, 0.6) is 11.5 Å². The minimum absolute atomic E-state index is 0.0632. The maximum absolute atomic E-state index is 13.1. The summed E-state index contributed by atoms with van der Waals surface area (Å²) in [4.78, 5) is 13.1. The van der Waals surface area contributed by atoms with E-state index < -0.39 is 22.0 Å². The van der Waals surface area contributed by atoms with Gasteiger partial charge >= 0.3 is 0 Å². The first kappa shape index (κ1) is 24.4. The third-order valence-electron chi connectivity index (χ3n) is 5.81. The summed E-state index contributed by atoms with van der Waals surface area (Å²) >= 11 is 6.27. The van der Waals surface area contributed by atoms with E-state index in [9.17, 15) is 13.2 Å². The van der Waals surface area contributed by atoms with Gasteiger partial charge in [0.25, 0.3) is 5.91 Å². The van der Waals surface area contributed by atoms with Crippen LogP contribution >= 0.6 is 11.6 Å². The SMILES string of the molecule is COc1ccc(OC)c([C@H](C)NC(=O)c2cc(S(=O)(=O)N3CCC(C)CC3)ccc2Cl)c1. The van der Waals surface area contributed by atoms with Crippen molar-refractivity contribution in [3.05, 3.63) is 52.5 Å². The van der Waals surface area contributed by atoms with E-state index in [0.29, 0.717) is 30.5 Å². The van der Waals surface area contributed by atoms with E-state index in [1.165, 1.54) is 22.5 Å². The molecule has 1 heterocycles. The van der Waals surface area contributed by atoms with Crippen LogP contribution in [0.25, 0.3) is 0 Å². The molecule has 0 unspecified atom stereocenters. The highest BCUT2D eigenvalue weighted by atomic mass is 35.5. The van der Waals surface area contributed by atoms with Gasteiger partial charge in [0, 0.05) is 18.7 Å². The average molecular weight is 481 g/mol. The molecule has 1 saturated heterocycles. The van der Waals surface area contributed by atoms with Gasteiger partial charge in [0.05, 0.1) is 35.7 Å². The highest BCUT2D eigenvalue weighted by Gasteiger charge is 2.29. The normalized spacial score (nSPS) is 16.4. The lowest BCUT2D eigenvalue weighted by Gasteiger charge is -2.29. The van der Waals surface area contributed by atoms with Gasteiger partial charge in [0.1, 0.15) is 11.5 Å². The summed E-state index contributed by atoms with van der Waals surface area (Å²) in [6, 6.07) is 9.12. The van der Waals surface area contributed by atoms with Gasteiger partial charge < -0.3 is 14.8 Å². The molecule has 9 heteroatoms. The summed E-state index contributed by atoms with van der Waals surface area (Å²) in [5.74, 6) is 1.25. The molecule has 1 aliphatic heterocycles. The molecule has 32 heavy (non-hydrogen) atoms. The number of carbonyl (C=O) groups excluding carboxylic acids is 1. The van der Waals surface area contributed by atoms with Crippen molar-refractivity contribution in [2.24, 2.45) is 5.92 Å². The third kappa shape index (κ3) is 5.19. The van der Waals surface area contributed by atoms with Crippen molar-refractivity contribution in [2.75, 3.05) is 27.3 Å². The van der Waals surface area contributed by atoms with Crippen LogP contribution in [-0.4, -0.2) is 45.9 Å². The van der Waals surface area contributed by atoms with Crippen LogP contribution in [0.3, 0.4) is 0 Å². The number of benzene rings is 2. The number of sulfonamides is 1. The van der Waals surface area contributed by atoms with Gasteiger partial charge in [0.15, 0.2) is 0 Å². The number of amides is 1. The van der Waals surface area contributed by atoms with E-state index in [2.05, 4.69) is 12.2 Å². The first-order chi connectivity index (χ1) is 15.2. The number of halogens is 1. The molecule has 0 aliphatic carbocycles. The molecule has 1 atom stereocenters. The van der Waals surface area contributed by atoms with Crippen molar-refractivity contribution in [2.45, 2.75) is 37.6 Å². The molecule has 1 aliphatic rings. The summed E-state index contributed by atoms with van der Waals surface area (Å²) < 4.78 is 38.3. The molecular formula is C23H29ClN2O5S. The Balaban J connectivity index is 1.85. The lowest BCUT2D eigenvalue weighted by Crippen LogP contribution is -2.38. The van der Waals surface area contributed by atoms with Gasteiger partial charge in [0.2, 0.25) is 10.0 Å². The monoisotopic (exact) mass is 480 g/mol. The largest absolute Gasteiger partial charge is 0.497 e. The number of methoxy groups -OCH3 is 2. The van der Waals surface area contributed by atoms with Crippen LogP contribution < -0.4 is 14.8 Å². The maximum Gasteiger partial charge on any atom is 0.253 e. The van der Waals surface area contributed by atoms with Crippen molar-refractivity contribution in [1.29, 1.82) is 0 Å². The van der Waals surface area contributed by atoms with Gasteiger partial charge in [-0.15, -0.1) is 0 Å². The number of hydrogen-bond donors (Lipinski definition) is 1. The molecule has 2 aromatic carbocycles. The second-order valence-corrected chi connectivity index (χ2v) is 10.4. The third-order valence-corrected chi connectivity index (χ3v) is 8.04. The van der Waals surface area contributed by atoms with E-state index in [0.717, 1.165) is 18.4 Å². The zero-order valence-electron chi connectivity index (χ0n) is 18.7. The second kappa shape index (κ2) is 10.1. The summed E-state index contributed by atoms with van der Waals surface area (Å²) in [6.45, 7) is 4.87. The Hall–Kier alpha value is -2.29. The number of hydrogen-bond acceptors (Lipinski definition) is 5. The Kier molecular flexibility index (Phi) is 7.69. The quantitative estimate of drug-likeness (QED) is 0.639. The van der Waals surface area contributed by atoms with Crippen molar-refractivity contribution < 1.29 is 22.7 Å². The lowest BCUT2D eigenvalue weighted by atomic mass is 10.0. The van der Waals surface area contributed by atoms with Gasteiger partial charge in [-0.2, -0.15) is 4.31 Å². The Labute approximate surface area is 194 Å². The molecule has 174 valence electrons. The van der Waals surface area contributed by atoms with E-state index >= 15 is 0 Å². The molecule has 0 bridgehead atoms. The molecular weight excluding hydrogens is 452 g/mol. The van der Waals surface area contributed by atoms with Crippen LogP contribution in [0.1, 0.15) is 48.7 Å². The van der Waals surface area contributed by atoms with E-state index in [1.54, 1.807) is 39.3 Å².